The summed E-state index contributed by atoms with van der Waals surface area (Å²) in [4.78, 5) is 13.2. The van der Waals surface area contributed by atoms with Gasteiger partial charge in [-0.3, -0.25) is 9.48 Å². The zero-order valence-corrected chi connectivity index (χ0v) is 13.2. The molecule has 134 valence electrons. The molecule has 0 aromatic carbocycles. The summed E-state index contributed by atoms with van der Waals surface area (Å²) in [5, 5.41) is 4.12. The molecule has 0 spiro atoms. The van der Waals surface area contributed by atoms with Crippen LogP contribution in [0.5, 0.6) is 0 Å². The second kappa shape index (κ2) is 6.02. The number of amides is 1. The Morgan fingerprint density at radius 1 is 1.33 bits per heavy atom. The molecule has 2 atom stereocenters. The summed E-state index contributed by atoms with van der Waals surface area (Å²) in [7, 11) is 0. The van der Waals surface area contributed by atoms with Crippen molar-refractivity contribution < 1.29 is 27.1 Å². The highest BCUT2D eigenvalue weighted by atomic mass is 19.3. The van der Waals surface area contributed by atoms with E-state index in [-0.39, 0.29) is 0 Å². The molecule has 0 bridgehead atoms. The molecule has 1 amide bonds. The van der Waals surface area contributed by atoms with Crippen molar-refractivity contribution in [1.82, 2.24) is 14.7 Å². The molecule has 0 N–H and O–H groups in total. The number of rotatable bonds is 3. The van der Waals surface area contributed by atoms with Crippen LogP contribution in [0.4, 0.5) is 17.6 Å². The first-order valence-electron chi connectivity index (χ1n) is 7.93. The Labute approximate surface area is 136 Å². The first-order valence-corrected chi connectivity index (χ1v) is 7.93. The summed E-state index contributed by atoms with van der Waals surface area (Å²) in [6.45, 7) is 0.454. The van der Waals surface area contributed by atoms with Crippen LogP contribution in [0.3, 0.4) is 0 Å². The fourth-order valence-corrected chi connectivity index (χ4v) is 3.22. The zero-order valence-electron chi connectivity index (χ0n) is 13.2. The van der Waals surface area contributed by atoms with Crippen LogP contribution >= 0.6 is 0 Å². The molecular formula is C15H19F4N3O2. The summed E-state index contributed by atoms with van der Waals surface area (Å²) in [6, 6.07) is 0. The zero-order chi connectivity index (χ0) is 17.5. The number of hydrogen-bond acceptors (Lipinski definition) is 3. The van der Waals surface area contributed by atoms with Crippen molar-refractivity contribution >= 4 is 5.91 Å². The lowest BCUT2D eigenvalue weighted by Gasteiger charge is -2.32. The standard InChI is InChI=1S/C15H19F4N3O2/c1-2-22-7-10(6-20-22)12-11(4-3-5-24-12)13(23)21-8-14(16,17)15(18,19)9-21/h6-7,11-12H,2-5,8-9H2,1H3/t11-,12+/m1/s1. The molecule has 0 saturated carbocycles. The number of carbonyl (C=O) groups excluding carboxylic acids is 1. The average Bonchev–Trinajstić information content (AvgIpc) is 3.09. The van der Waals surface area contributed by atoms with Gasteiger partial charge in [0.25, 0.3) is 0 Å². The van der Waals surface area contributed by atoms with E-state index in [0.717, 1.165) is 0 Å². The number of aryl methyl sites for hydroxylation is 1. The van der Waals surface area contributed by atoms with Crippen LogP contribution in [-0.4, -0.2) is 52.1 Å². The summed E-state index contributed by atoms with van der Waals surface area (Å²) in [6.07, 6.45) is 3.63. The number of halogens is 4. The molecule has 2 saturated heterocycles. The predicted molar refractivity (Wildman–Crippen MR) is 75.8 cm³/mol. The Morgan fingerprint density at radius 2 is 2.00 bits per heavy atom. The number of likely N-dealkylation sites (tertiary alicyclic amines) is 1. The van der Waals surface area contributed by atoms with Gasteiger partial charge in [0.2, 0.25) is 5.91 Å². The van der Waals surface area contributed by atoms with Gasteiger partial charge in [-0.05, 0) is 19.8 Å². The van der Waals surface area contributed by atoms with E-state index >= 15 is 0 Å². The number of aromatic nitrogens is 2. The first-order chi connectivity index (χ1) is 11.2. The van der Waals surface area contributed by atoms with Gasteiger partial charge in [0.05, 0.1) is 31.3 Å². The normalized spacial score (nSPS) is 29.0. The third-order valence-electron chi connectivity index (χ3n) is 4.57. The molecule has 9 heteroatoms. The van der Waals surface area contributed by atoms with E-state index in [4.69, 9.17) is 4.74 Å². The van der Waals surface area contributed by atoms with E-state index in [1.807, 2.05) is 6.92 Å². The van der Waals surface area contributed by atoms with E-state index in [1.165, 1.54) is 0 Å². The van der Waals surface area contributed by atoms with Gasteiger partial charge >= 0.3 is 11.8 Å². The largest absolute Gasteiger partial charge is 0.373 e. The number of ether oxygens (including phenoxy) is 1. The molecule has 1 aromatic rings. The van der Waals surface area contributed by atoms with E-state index in [1.54, 1.807) is 17.1 Å². The van der Waals surface area contributed by atoms with Crippen molar-refractivity contribution in [1.29, 1.82) is 0 Å². The quantitative estimate of drug-likeness (QED) is 0.788. The minimum Gasteiger partial charge on any atom is -0.373 e. The lowest BCUT2D eigenvalue weighted by molar-refractivity contribution is -0.172. The number of alkyl halides is 4. The molecule has 2 aliphatic heterocycles. The highest BCUT2D eigenvalue weighted by molar-refractivity contribution is 5.80. The maximum Gasteiger partial charge on any atom is 0.329 e. The maximum atomic E-state index is 13.4. The summed E-state index contributed by atoms with van der Waals surface area (Å²) < 4.78 is 60.8. The van der Waals surface area contributed by atoms with Gasteiger partial charge in [-0.25, -0.2) is 0 Å². The molecule has 3 rings (SSSR count). The highest BCUT2D eigenvalue weighted by Gasteiger charge is 2.64. The van der Waals surface area contributed by atoms with Crippen molar-refractivity contribution in [2.24, 2.45) is 5.92 Å². The third-order valence-corrected chi connectivity index (χ3v) is 4.57. The minimum absolute atomic E-state index is 0.411. The van der Waals surface area contributed by atoms with Crippen LogP contribution in [0.1, 0.15) is 31.4 Å². The van der Waals surface area contributed by atoms with E-state index in [0.29, 0.717) is 36.5 Å². The molecule has 0 radical (unpaired) electrons. The molecule has 0 aliphatic carbocycles. The van der Waals surface area contributed by atoms with Crippen LogP contribution in [0, 0.1) is 5.92 Å². The molecule has 3 heterocycles. The van der Waals surface area contributed by atoms with Crippen LogP contribution < -0.4 is 0 Å². The lowest BCUT2D eigenvalue weighted by atomic mass is 9.89. The smallest absolute Gasteiger partial charge is 0.329 e. The maximum absolute atomic E-state index is 13.4. The summed E-state index contributed by atoms with van der Waals surface area (Å²) >= 11 is 0. The number of hydrogen-bond donors (Lipinski definition) is 0. The van der Waals surface area contributed by atoms with Gasteiger partial charge in [0.1, 0.15) is 0 Å². The topological polar surface area (TPSA) is 47.4 Å². The monoisotopic (exact) mass is 349 g/mol. The predicted octanol–water partition coefficient (Wildman–Crippen LogP) is 2.48. The molecular weight excluding hydrogens is 330 g/mol. The Bertz CT molecular complexity index is 604. The molecule has 5 nitrogen and oxygen atoms in total. The fourth-order valence-electron chi connectivity index (χ4n) is 3.22. The highest BCUT2D eigenvalue weighted by Crippen LogP contribution is 2.43. The van der Waals surface area contributed by atoms with E-state index in [9.17, 15) is 22.4 Å². The third kappa shape index (κ3) is 2.89. The van der Waals surface area contributed by atoms with Gasteiger partial charge in [-0.2, -0.15) is 22.7 Å². The van der Waals surface area contributed by atoms with Crippen LogP contribution in [0.2, 0.25) is 0 Å². The van der Waals surface area contributed by atoms with E-state index in [2.05, 4.69) is 5.10 Å². The molecule has 2 aliphatic rings. The molecule has 2 fully saturated rings. The van der Waals surface area contributed by atoms with Gasteiger partial charge in [-0.15, -0.1) is 0 Å². The Hall–Kier alpha value is -1.64. The van der Waals surface area contributed by atoms with Gasteiger partial charge in [0, 0.05) is 24.9 Å². The van der Waals surface area contributed by atoms with Crippen LogP contribution in [0.25, 0.3) is 0 Å². The number of nitrogens with zero attached hydrogens (tertiary/aromatic N) is 3. The second-order valence-electron chi connectivity index (χ2n) is 6.27. The first kappa shape index (κ1) is 17.2. The van der Waals surface area contributed by atoms with Crippen molar-refractivity contribution in [3.63, 3.8) is 0 Å². The van der Waals surface area contributed by atoms with Crippen molar-refractivity contribution in [2.75, 3.05) is 19.7 Å². The summed E-state index contributed by atoms with van der Waals surface area (Å²) in [5.41, 5.74) is 0.660. The Kier molecular flexibility index (Phi) is 4.31. The van der Waals surface area contributed by atoms with Crippen LogP contribution in [0.15, 0.2) is 12.4 Å². The van der Waals surface area contributed by atoms with Crippen LogP contribution in [-0.2, 0) is 16.1 Å². The average molecular weight is 349 g/mol. The van der Waals surface area contributed by atoms with Gasteiger partial charge < -0.3 is 9.64 Å². The minimum atomic E-state index is -4.19. The lowest BCUT2D eigenvalue weighted by Crippen LogP contribution is -2.40. The molecule has 1 aromatic heterocycles. The van der Waals surface area contributed by atoms with E-state index < -0.39 is 42.9 Å². The fraction of sp³-hybridized carbons (Fsp3) is 0.733. The number of carbonyl (C=O) groups is 1. The SMILES string of the molecule is CCn1cc([C@@H]2OCCC[C@H]2C(=O)N2CC(F)(F)C(F)(F)C2)cn1. The molecule has 24 heavy (non-hydrogen) atoms. The van der Waals surface area contributed by atoms with Crippen molar-refractivity contribution in [3.05, 3.63) is 18.0 Å². The Balaban J connectivity index is 1.79. The van der Waals surface area contributed by atoms with Gasteiger partial charge in [-0.1, -0.05) is 0 Å². The van der Waals surface area contributed by atoms with Crippen molar-refractivity contribution in [2.45, 2.75) is 44.3 Å². The Morgan fingerprint density at radius 3 is 2.58 bits per heavy atom. The molecule has 0 unspecified atom stereocenters. The van der Waals surface area contributed by atoms with Crippen molar-refractivity contribution in [3.8, 4) is 0 Å². The second-order valence-corrected chi connectivity index (χ2v) is 6.27. The summed E-state index contributed by atoms with van der Waals surface area (Å²) in [5.74, 6) is -9.85. The van der Waals surface area contributed by atoms with Gasteiger partial charge in [0.15, 0.2) is 0 Å².